The summed E-state index contributed by atoms with van der Waals surface area (Å²) < 4.78 is 2.30. The standard InChI is InChI=1S/C21H25N3/c1-4-23(5-2)16-24-20-9-7-6-8-19(20)22-21(24)15-14-18-12-10-17(3)11-13-18/h6-15H,4-5,16H2,1-3H3. The summed E-state index contributed by atoms with van der Waals surface area (Å²) in [5, 5.41) is 0. The van der Waals surface area contributed by atoms with Crippen LogP contribution in [0.5, 0.6) is 0 Å². The van der Waals surface area contributed by atoms with Crippen LogP contribution in [0.25, 0.3) is 23.2 Å². The largest absolute Gasteiger partial charge is 0.311 e. The van der Waals surface area contributed by atoms with Gasteiger partial charge in [0.15, 0.2) is 0 Å². The Morgan fingerprint density at radius 3 is 2.38 bits per heavy atom. The molecular formula is C21H25N3. The number of nitrogens with zero attached hydrogens (tertiary/aromatic N) is 3. The summed E-state index contributed by atoms with van der Waals surface area (Å²) in [6.07, 6.45) is 4.26. The molecule has 0 amide bonds. The second-order valence-corrected chi connectivity index (χ2v) is 6.08. The number of hydrogen-bond donors (Lipinski definition) is 0. The van der Waals surface area contributed by atoms with E-state index in [0.29, 0.717) is 0 Å². The number of aryl methyl sites for hydroxylation is 1. The molecule has 0 N–H and O–H groups in total. The van der Waals surface area contributed by atoms with E-state index in [-0.39, 0.29) is 0 Å². The molecular weight excluding hydrogens is 294 g/mol. The van der Waals surface area contributed by atoms with Gasteiger partial charge in [-0.2, -0.15) is 0 Å². The van der Waals surface area contributed by atoms with Crippen molar-refractivity contribution in [1.82, 2.24) is 14.5 Å². The minimum atomic E-state index is 0.862. The SMILES string of the molecule is CCN(CC)Cn1c(C=Cc2ccc(C)cc2)nc2ccccc21. The Labute approximate surface area is 144 Å². The number of para-hydroxylation sites is 2. The number of aromatic nitrogens is 2. The fourth-order valence-electron chi connectivity index (χ4n) is 2.84. The summed E-state index contributed by atoms with van der Waals surface area (Å²) in [5.74, 6) is 1.00. The average molecular weight is 319 g/mol. The van der Waals surface area contributed by atoms with Crippen molar-refractivity contribution in [3.63, 3.8) is 0 Å². The summed E-state index contributed by atoms with van der Waals surface area (Å²) in [6.45, 7) is 9.43. The maximum absolute atomic E-state index is 4.82. The Bertz CT molecular complexity index is 824. The Morgan fingerprint density at radius 1 is 0.958 bits per heavy atom. The number of fused-ring (bicyclic) bond motifs is 1. The first-order valence-corrected chi connectivity index (χ1v) is 8.63. The van der Waals surface area contributed by atoms with Crippen LogP contribution in [-0.2, 0) is 6.67 Å². The third-order valence-electron chi connectivity index (χ3n) is 4.42. The van der Waals surface area contributed by atoms with Gasteiger partial charge in [0.1, 0.15) is 5.82 Å². The third kappa shape index (κ3) is 3.57. The maximum Gasteiger partial charge on any atom is 0.134 e. The molecule has 0 atom stereocenters. The number of hydrogen-bond acceptors (Lipinski definition) is 2. The van der Waals surface area contributed by atoms with Gasteiger partial charge >= 0.3 is 0 Å². The van der Waals surface area contributed by atoms with E-state index in [1.165, 1.54) is 16.6 Å². The molecule has 3 heteroatoms. The van der Waals surface area contributed by atoms with Crippen molar-refractivity contribution in [1.29, 1.82) is 0 Å². The van der Waals surface area contributed by atoms with E-state index in [4.69, 9.17) is 4.98 Å². The van der Waals surface area contributed by atoms with Crippen LogP contribution in [0, 0.1) is 6.92 Å². The molecule has 0 radical (unpaired) electrons. The van der Waals surface area contributed by atoms with Gasteiger partial charge in [0, 0.05) is 0 Å². The predicted molar refractivity (Wildman–Crippen MR) is 103 cm³/mol. The molecule has 0 bridgehead atoms. The lowest BCUT2D eigenvalue weighted by Crippen LogP contribution is -2.26. The van der Waals surface area contributed by atoms with Crippen LogP contribution in [0.1, 0.15) is 30.8 Å². The van der Waals surface area contributed by atoms with Gasteiger partial charge in [0.25, 0.3) is 0 Å². The highest BCUT2D eigenvalue weighted by atomic mass is 15.3. The van der Waals surface area contributed by atoms with Gasteiger partial charge in [-0.1, -0.05) is 61.9 Å². The summed E-state index contributed by atoms with van der Waals surface area (Å²) in [4.78, 5) is 7.22. The van der Waals surface area contributed by atoms with Crippen molar-refractivity contribution in [2.45, 2.75) is 27.4 Å². The van der Waals surface area contributed by atoms with Gasteiger partial charge in [0.2, 0.25) is 0 Å². The zero-order chi connectivity index (χ0) is 16.9. The van der Waals surface area contributed by atoms with Crippen LogP contribution in [0.3, 0.4) is 0 Å². The molecule has 0 saturated carbocycles. The Morgan fingerprint density at radius 2 is 1.67 bits per heavy atom. The van der Waals surface area contributed by atoms with Crippen LogP contribution >= 0.6 is 0 Å². The van der Waals surface area contributed by atoms with E-state index in [1.807, 2.05) is 6.07 Å². The topological polar surface area (TPSA) is 21.1 Å². The van der Waals surface area contributed by atoms with Gasteiger partial charge < -0.3 is 4.57 Å². The van der Waals surface area contributed by atoms with Crippen molar-refractivity contribution >= 4 is 23.2 Å². The third-order valence-corrected chi connectivity index (χ3v) is 4.42. The molecule has 0 spiro atoms. The van der Waals surface area contributed by atoms with Crippen LogP contribution < -0.4 is 0 Å². The quantitative estimate of drug-likeness (QED) is 0.650. The molecule has 0 saturated heterocycles. The highest BCUT2D eigenvalue weighted by Gasteiger charge is 2.10. The smallest absolute Gasteiger partial charge is 0.134 e. The summed E-state index contributed by atoms with van der Waals surface area (Å²) in [7, 11) is 0. The Kier molecular flexibility index (Phi) is 5.11. The monoisotopic (exact) mass is 319 g/mol. The number of benzene rings is 2. The van der Waals surface area contributed by atoms with E-state index in [2.05, 4.69) is 84.9 Å². The van der Waals surface area contributed by atoms with Crippen LogP contribution in [0.4, 0.5) is 0 Å². The van der Waals surface area contributed by atoms with E-state index >= 15 is 0 Å². The lowest BCUT2D eigenvalue weighted by Gasteiger charge is -2.20. The number of imidazole rings is 1. The highest BCUT2D eigenvalue weighted by molar-refractivity contribution is 5.79. The van der Waals surface area contributed by atoms with Crippen LogP contribution in [0.2, 0.25) is 0 Å². The van der Waals surface area contributed by atoms with Crippen molar-refractivity contribution < 1.29 is 0 Å². The van der Waals surface area contributed by atoms with E-state index in [9.17, 15) is 0 Å². The van der Waals surface area contributed by atoms with Gasteiger partial charge in [-0.05, 0) is 43.8 Å². The highest BCUT2D eigenvalue weighted by Crippen LogP contribution is 2.19. The molecule has 2 aromatic carbocycles. The van der Waals surface area contributed by atoms with E-state index in [1.54, 1.807) is 0 Å². The van der Waals surface area contributed by atoms with Crippen molar-refractivity contribution in [2.24, 2.45) is 0 Å². The molecule has 1 heterocycles. The molecule has 0 aliphatic carbocycles. The zero-order valence-electron chi connectivity index (χ0n) is 14.7. The molecule has 3 nitrogen and oxygen atoms in total. The minimum absolute atomic E-state index is 0.862. The van der Waals surface area contributed by atoms with Crippen molar-refractivity contribution in [3.05, 3.63) is 65.5 Å². The maximum atomic E-state index is 4.82. The summed E-state index contributed by atoms with van der Waals surface area (Å²) in [5.41, 5.74) is 4.71. The van der Waals surface area contributed by atoms with Gasteiger partial charge in [-0.15, -0.1) is 0 Å². The molecule has 3 rings (SSSR count). The van der Waals surface area contributed by atoms with Gasteiger partial charge in [-0.25, -0.2) is 4.98 Å². The lowest BCUT2D eigenvalue weighted by molar-refractivity contribution is 0.245. The fraction of sp³-hybridized carbons (Fsp3) is 0.286. The Balaban J connectivity index is 1.98. The molecule has 1 aromatic heterocycles. The molecule has 0 fully saturated rings. The first-order chi connectivity index (χ1) is 11.7. The van der Waals surface area contributed by atoms with E-state index < -0.39 is 0 Å². The molecule has 0 aliphatic heterocycles. The zero-order valence-corrected chi connectivity index (χ0v) is 14.7. The van der Waals surface area contributed by atoms with Crippen LogP contribution in [0.15, 0.2) is 48.5 Å². The second-order valence-electron chi connectivity index (χ2n) is 6.08. The first-order valence-electron chi connectivity index (χ1n) is 8.63. The Hall–Kier alpha value is -2.39. The normalized spacial score (nSPS) is 11.8. The minimum Gasteiger partial charge on any atom is -0.311 e. The van der Waals surface area contributed by atoms with E-state index in [0.717, 1.165) is 31.1 Å². The summed E-state index contributed by atoms with van der Waals surface area (Å²) in [6, 6.07) is 16.9. The molecule has 24 heavy (non-hydrogen) atoms. The van der Waals surface area contributed by atoms with Gasteiger partial charge in [-0.3, -0.25) is 4.90 Å². The summed E-state index contributed by atoms with van der Waals surface area (Å²) >= 11 is 0. The molecule has 0 aliphatic rings. The van der Waals surface area contributed by atoms with Crippen molar-refractivity contribution in [2.75, 3.05) is 13.1 Å². The number of rotatable bonds is 6. The molecule has 124 valence electrons. The lowest BCUT2D eigenvalue weighted by atomic mass is 10.1. The predicted octanol–water partition coefficient (Wildman–Crippen LogP) is 4.81. The van der Waals surface area contributed by atoms with Crippen molar-refractivity contribution in [3.8, 4) is 0 Å². The van der Waals surface area contributed by atoms with Crippen LogP contribution in [-0.4, -0.2) is 27.5 Å². The van der Waals surface area contributed by atoms with Gasteiger partial charge in [0.05, 0.1) is 17.7 Å². The molecule has 0 unspecified atom stereocenters. The second kappa shape index (κ2) is 7.45. The average Bonchev–Trinajstić information content (AvgIpc) is 2.96. The first kappa shape index (κ1) is 16.5. The fourth-order valence-corrected chi connectivity index (χ4v) is 2.84. The molecule has 3 aromatic rings.